The Morgan fingerprint density at radius 3 is 2.60 bits per heavy atom. The Morgan fingerprint density at radius 1 is 1.25 bits per heavy atom. The van der Waals surface area contributed by atoms with Crippen molar-refractivity contribution in [3.8, 4) is 0 Å². The molecule has 1 aromatic rings. The van der Waals surface area contributed by atoms with Gasteiger partial charge >= 0.3 is 5.97 Å². The van der Waals surface area contributed by atoms with Crippen LogP contribution in [0.15, 0.2) is 30.3 Å². The van der Waals surface area contributed by atoms with E-state index in [-0.39, 0.29) is 31.8 Å². The largest absolute Gasteiger partial charge is 0.466 e. The second-order valence-corrected chi connectivity index (χ2v) is 4.38. The zero-order valence-electron chi connectivity index (χ0n) is 11.6. The molecule has 1 atom stereocenters. The summed E-state index contributed by atoms with van der Waals surface area (Å²) in [6, 6.07) is 9.54. The van der Waals surface area contributed by atoms with Crippen molar-refractivity contribution >= 4 is 11.8 Å². The van der Waals surface area contributed by atoms with E-state index >= 15 is 0 Å². The fourth-order valence-electron chi connectivity index (χ4n) is 1.65. The minimum absolute atomic E-state index is 0.0590. The topological polar surface area (TPSA) is 72.8 Å². The Kier molecular flexibility index (Phi) is 7.54. The van der Waals surface area contributed by atoms with Crippen LogP contribution in [-0.2, 0) is 25.7 Å². The van der Waals surface area contributed by atoms with Crippen LogP contribution in [0.5, 0.6) is 0 Å². The average molecular weight is 280 g/mol. The second-order valence-electron chi connectivity index (χ2n) is 4.38. The number of rotatable bonds is 9. The minimum atomic E-state index is -0.902. The quantitative estimate of drug-likeness (QED) is 0.548. The average Bonchev–Trinajstić information content (AvgIpc) is 2.39. The Labute approximate surface area is 118 Å². The van der Waals surface area contributed by atoms with Gasteiger partial charge in [-0.2, -0.15) is 0 Å². The lowest BCUT2D eigenvalue weighted by Gasteiger charge is -2.10. The van der Waals surface area contributed by atoms with Gasteiger partial charge in [0.25, 0.3) is 0 Å². The maximum atomic E-state index is 11.5. The van der Waals surface area contributed by atoms with Crippen LogP contribution in [0.4, 0.5) is 0 Å². The molecule has 0 aliphatic carbocycles. The van der Waals surface area contributed by atoms with Crippen LogP contribution >= 0.6 is 0 Å². The molecule has 0 saturated heterocycles. The SMILES string of the molecule is CCOC(=O)CC(=O)CC(O)COCc1ccccc1. The summed E-state index contributed by atoms with van der Waals surface area (Å²) in [4.78, 5) is 22.5. The summed E-state index contributed by atoms with van der Waals surface area (Å²) in [5, 5.41) is 9.64. The van der Waals surface area contributed by atoms with Crippen molar-refractivity contribution in [2.24, 2.45) is 0 Å². The number of hydrogen-bond donors (Lipinski definition) is 1. The van der Waals surface area contributed by atoms with Gasteiger partial charge in [-0.25, -0.2) is 0 Å². The third-order valence-corrected chi connectivity index (χ3v) is 2.53. The van der Waals surface area contributed by atoms with Crippen molar-refractivity contribution in [3.05, 3.63) is 35.9 Å². The number of aliphatic hydroxyl groups excluding tert-OH is 1. The molecule has 1 aromatic carbocycles. The molecular formula is C15H20O5. The zero-order valence-corrected chi connectivity index (χ0v) is 11.6. The van der Waals surface area contributed by atoms with E-state index in [0.29, 0.717) is 6.61 Å². The fourth-order valence-corrected chi connectivity index (χ4v) is 1.65. The maximum Gasteiger partial charge on any atom is 0.313 e. The molecule has 110 valence electrons. The first-order valence-corrected chi connectivity index (χ1v) is 6.59. The van der Waals surface area contributed by atoms with Gasteiger partial charge in [-0.05, 0) is 12.5 Å². The molecule has 1 unspecified atom stereocenters. The van der Waals surface area contributed by atoms with E-state index in [1.807, 2.05) is 30.3 Å². The molecule has 0 aliphatic rings. The normalized spacial score (nSPS) is 11.9. The first kappa shape index (κ1) is 16.3. The molecule has 5 heteroatoms. The Hall–Kier alpha value is -1.72. The van der Waals surface area contributed by atoms with E-state index in [1.54, 1.807) is 6.92 Å². The van der Waals surface area contributed by atoms with Gasteiger partial charge < -0.3 is 14.6 Å². The standard InChI is InChI=1S/C15H20O5/c1-2-20-15(18)9-13(16)8-14(17)11-19-10-12-6-4-3-5-7-12/h3-7,14,17H,2,8-11H2,1H3. The Bertz CT molecular complexity index is 416. The fraction of sp³-hybridized carbons (Fsp3) is 0.467. The minimum Gasteiger partial charge on any atom is -0.466 e. The number of esters is 1. The number of Topliss-reactive ketones (excluding diaryl/α,β-unsaturated/α-hetero) is 1. The number of aliphatic hydroxyl groups is 1. The van der Waals surface area contributed by atoms with Crippen molar-refractivity contribution < 1.29 is 24.2 Å². The maximum absolute atomic E-state index is 11.5. The molecule has 1 N–H and O–H groups in total. The Morgan fingerprint density at radius 2 is 1.95 bits per heavy atom. The molecule has 0 bridgehead atoms. The van der Waals surface area contributed by atoms with Crippen LogP contribution in [0.1, 0.15) is 25.3 Å². The summed E-state index contributed by atoms with van der Waals surface area (Å²) in [5.74, 6) is -0.908. The highest BCUT2D eigenvalue weighted by atomic mass is 16.5. The molecule has 0 amide bonds. The number of ether oxygens (including phenoxy) is 2. The van der Waals surface area contributed by atoms with E-state index in [2.05, 4.69) is 4.74 Å². The summed E-state index contributed by atoms with van der Waals surface area (Å²) in [7, 11) is 0. The van der Waals surface area contributed by atoms with Gasteiger partial charge in [0.1, 0.15) is 12.2 Å². The molecule has 0 heterocycles. The summed E-state index contributed by atoms with van der Waals surface area (Å²) in [6.07, 6.45) is -1.31. The predicted molar refractivity (Wildman–Crippen MR) is 73.0 cm³/mol. The molecule has 1 rings (SSSR count). The second kappa shape index (κ2) is 9.23. The molecule has 0 aromatic heterocycles. The number of benzene rings is 1. The predicted octanol–water partition coefficient (Wildman–Crippen LogP) is 1.48. The molecule has 0 radical (unpaired) electrons. The van der Waals surface area contributed by atoms with Gasteiger partial charge in [0, 0.05) is 6.42 Å². The first-order valence-electron chi connectivity index (χ1n) is 6.59. The van der Waals surface area contributed by atoms with E-state index < -0.39 is 12.1 Å². The summed E-state index contributed by atoms with van der Waals surface area (Å²) in [5.41, 5.74) is 0.998. The molecule has 5 nitrogen and oxygen atoms in total. The van der Waals surface area contributed by atoms with Crippen molar-refractivity contribution in [1.29, 1.82) is 0 Å². The van der Waals surface area contributed by atoms with Gasteiger partial charge in [0.15, 0.2) is 0 Å². The highest BCUT2D eigenvalue weighted by Gasteiger charge is 2.15. The van der Waals surface area contributed by atoms with Crippen LogP contribution < -0.4 is 0 Å². The first-order chi connectivity index (χ1) is 9.61. The van der Waals surface area contributed by atoms with Crippen LogP contribution in [0, 0.1) is 0 Å². The zero-order chi connectivity index (χ0) is 14.8. The molecule has 0 saturated carbocycles. The summed E-state index contributed by atoms with van der Waals surface area (Å²) in [6.45, 7) is 2.36. The smallest absolute Gasteiger partial charge is 0.313 e. The van der Waals surface area contributed by atoms with Crippen molar-refractivity contribution in [2.45, 2.75) is 32.5 Å². The third kappa shape index (κ3) is 7.01. The molecule has 0 spiro atoms. The monoisotopic (exact) mass is 280 g/mol. The molecule has 0 fully saturated rings. The number of carbonyl (C=O) groups is 2. The number of carbonyl (C=O) groups excluding carboxylic acids is 2. The van der Waals surface area contributed by atoms with Gasteiger partial charge in [0.05, 0.1) is 25.9 Å². The van der Waals surface area contributed by atoms with Gasteiger partial charge in [-0.3, -0.25) is 9.59 Å². The number of ketones is 1. The van der Waals surface area contributed by atoms with Crippen LogP contribution in [0.3, 0.4) is 0 Å². The van der Waals surface area contributed by atoms with E-state index in [9.17, 15) is 14.7 Å². The lowest BCUT2D eigenvalue weighted by molar-refractivity contribution is -0.146. The third-order valence-electron chi connectivity index (χ3n) is 2.53. The van der Waals surface area contributed by atoms with Crippen molar-refractivity contribution in [2.75, 3.05) is 13.2 Å². The van der Waals surface area contributed by atoms with Crippen molar-refractivity contribution in [3.63, 3.8) is 0 Å². The van der Waals surface area contributed by atoms with Gasteiger partial charge in [-0.15, -0.1) is 0 Å². The Balaban J connectivity index is 2.18. The van der Waals surface area contributed by atoms with E-state index in [1.165, 1.54) is 0 Å². The lowest BCUT2D eigenvalue weighted by atomic mass is 10.1. The molecular weight excluding hydrogens is 260 g/mol. The van der Waals surface area contributed by atoms with Crippen LogP contribution in [-0.4, -0.2) is 36.2 Å². The number of hydrogen-bond acceptors (Lipinski definition) is 5. The molecule has 0 aliphatic heterocycles. The van der Waals surface area contributed by atoms with E-state index in [4.69, 9.17) is 4.74 Å². The summed E-state index contributed by atoms with van der Waals surface area (Å²) < 4.78 is 9.98. The lowest BCUT2D eigenvalue weighted by Crippen LogP contribution is -2.21. The highest BCUT2D eigenvalue weighted by Crippen LogP contribution is 2.03. The summed E-state index contributed by atoms with van der Waals surface area (Å²) >= 11 is 0. The van der Waals surface area contributed by atoms with Gasteiger partial charge in [-0.1, -0.05) is 30.3 Å². The van der Waals surface area contributed by atoms with Crippen LogP contribution in [0.2, 0.25) is 0 Å². The molecule has 20 heavy (non-hydrogen) atoms. The van der Waals surface area contributed by atoms with Crippen molar-refractivity contribution in [1.82, 2.24) is 0 Å². The highest BCUT2D eigenvalue weighted by molar-refractivity contribution is 5.95. The van der Waals surface area contributed by atoms with Crippen LogP contribution in [0.25, 0.3) is 0 Å². The van der Waals surface area contributed by atoms with E-state index in [0.717, 1.165) is 5.56 Å². The van der Waals surface area contributed by atoms with Gasteiger partial charge in [0.2, 0.25) is 0 Å².